The summed E-state index contributed by atoms with van der Waals surface area (Å²) in [4.78, 5) is 15.7. The molecule has 2 aromatic rings. The van der Waals surface area contributed by atoms with E-state index in [0.717, 1.165) is 17.7 Å². The maximum absolute atomic E-state index is 11.7. The van der Waals surface area contributed by atoms with Gasteiger partial charge < -0.3 is 11.1 Å². The molecule has 0 aromatic carbocycles. The van der Waals surface area contributed by atoms with Gasteiger partial charge >= 0.3 is 0 Å². The van der Waals surface area contributed by atoms with Gasteiger partial charge in [0.25, 0.3) is 0 Å². The van der Waals surface area contributed by atoms with Gasteiger partial charge in [0.05, 0.1) is 5.69 Å². The van der Waals surface area contributed by atoms with Gasteiger partial charge in [0.1, 0.15) is 12.4 Å². The van der Waals surface area contributed by atoms with Gasteiger partial charge in [0.15, 0.2) is 0 Å². The lowest BCUT2D eigenvalue weighted by Gasteiger charge is -2.06. The molecular formula is C13H17N5O. The molecule has 0 atom stereocenters. The number of nitrogen functional groups attached to an aromatic ring is 1. The zero-order chi connectivity index (χ0) is 13.7. The number of nitrogens with zero attached hydrogens (tertiary/aromatic N) is 3. The van der Waals surface area contributed by atoms with Gasteiger partial charge in [0.2, 0.25) is 5.91 Å². The summed E-state index contributed by atoms with van der Waals surface area (Å²) in [6.07, 6.45) is 4.26. The van der Waals surface area contributed by atoms with Crippen LogP contribution in [0.5, 0.6) is 0 Å². The lowest BCUT2D eigenvalue weighted by atomic mass is 10.2. The predicted molar refractivity (Wildman–Crippen MR) is 72.3 cm³/mol. The van der Waals surface area contributed by atoms with Crippen LogP contribution < -0.4 is 11.1 Å². The fourth-order valence-electron chi connectivity index (χ4n) is 1.78. The molecule has 2 aromatic heterocycles. The van der Waals surface area contributed by atoms with Gasteiger partial charge in [-0.1, -0.05) is 0 Å². The highest BCUT2D eigenvalue weighted by atomic mass is 16.2. The normalized spacial score (nSPS) is 10.4. The Labute approximate surface area is 111 Å². The van der Waals surface area contributed by atoms with Crippen LogP contribution in [-0.4, -0.2) is 27.2 Å². The number of anilines is 1. The van der Waals surface area contributed by atoms with E-state index in [1.807, 2.05) is 19.1 Å². The Hall–Kier alpha value is -2.37. The maximum Gasteiger partial charge on any atom is 0.241 e. The first-order chi connectivity index (χ1) is 9.15. The Bertz CT molecular complexity index is 549. The summed E-state index contributed by atoms with van der Waals surface area (Å²) in [6.45, 7) is 2.58. The number of rotatable bonds is 5. The fourth-order valence-corrected chi connectivity index (χ4v) is 1.78. The standard InChI is InChI=1S/C13H17N5O/c1-10-8-12(14)18(17-10)9-13(19)16-7-4-11-2-5-15-6-3-11/h2-3,5-6,8H,4,7,9,14H2,1H3,(H,16,19). The smallest absolute Gasteiger partial charge is 0.241 e. The third-order valence-corrected chi connectivity index (χ3v) is 2.71. The molecule has 2 rings (SSSR count). The molecule has 0 aliphatic heterocycles. The highest BCUT2D eigenvalue weighted by Gasteiger charge is 2.06. The number of pyridine rings is 1. The average Bonchev–Trinajstić information content (AvgIpc) is 2.69. The highest BCUT2D eigenvalue weighted by molar-refractivity contribution is 5.76. The van der Waals surface area contributed by atoms with Crippen LogP contribution in [0.2, 0.25) is 0 Å². The number of nitrogens with one attached hydrogen (secondary N) is 1. The van der Waals surface area contributed by atoms with Crippen molar-refractivity contribution >= 4 is 11.7 Å². The second kappa shape index (κ2) is 5.99. The number of amides is 1. The van der Waals surface area contributed by atoms with E-state index in [-0.39, 0.29) is 12.5 Å². The Morgan fingerprint density at radius 1 is 1.42 bits per heavy atom. The number of hydrogen-bond donors (Lipinski definition) is 2. The van der Waals surface area contributed by atoms with Crippen molar-refractivity contribution in [2.45, 2.75) is 19.9 Å². The fraction of sp³-hybridized carbons (Fsp3) is 0.308. The molecule has 0 saturated heterocycles. The summed E-state index contributed by atoms with van der Waals surface area (Å²) in [6, 6.07) is 5.60. The van der Waals surface area contributed by atoms with Crippen molar-refractivity contribution in [3.8, 4) is 0 Å². The molecule has 0 aliphatic rings. The molecule has 1 amide bonds. The number of carbonyl (C=O) groups is 1. The molecule has 0 radical (unpaired) electrons. The number of aryl methyl sites for hydroxylation is 1. The Balaban J connectivity index is 1.78. The summed E-state index contributed by atoms with van der Waals surface area (Å²) in [5, 5.41) is 6.98. The van der Waals surface area contributed by atoms with E-state index in [1.165, 1.54) is 4.68 Å². The number of hydrogen-bond acceptors (Lipinski definition) is 4. The van der Waals surface area contributed by atoms with Crippen LogP contribution in [0.3, 0.4) is 0 Å². The van der Waals surface area contributed by atoms with Crippen molar-refractivity contribution in [2.75, 3.05) is 12.3 Å². The zero-order valence-corrected chi connectivity index (χ0v) is 10.8. The first-order valence-electron chi connectivity index (χ1n) is 6.10. The van der Waals surface area contributed by atoms with Crippen molar-refractivity contribution in [2.24, 2.45) is 0 Å². The van der Waals surface area contributed by atoms with Crippen LogP contribution in [0.25, 0.3) is 0 Å². The first kappa shape index (κ1) is 13.1. The third-order valence-electron chi connectivity index (χ3n) is 2.71. The van der Waals surface area contributed by atoms with Gasteiger partial charge in [-0.3, -0.25) is 9.78 Å². The molecule has 3 N–H and O–H groups in total. The van der Waals surface area contributed by atoms with Crippen molar-refractivity contribution in [1.82, 2.24) is 20.1 Å². The average molecular weight is 259 g/mol. The minimum absolute atomic E-state index is 0.0937. The largest absolute Gasteiger partial charge is 0.384 e. The summed E-state index contributed by atoms with van der Waals surface area (Å²) in [5.74, 6) is 0.408. The van der Waals surface area contributed by atoms with E-state index in [1.54, 1.807) is 18.5 Å². The minimum atomic E-state index is -0.0937. The van der Waals surface area contributed by atoms with Crippen LogP contribution in [0, 0.1) is 6.92 Å². The lowest BCUT2D eigenvalue weighted by molar-refractivity contribution is -0.121. The predicted octanol–water partition coefficient (Wildman–Crippen LogP) is 0.528. The first-order valence-corrected chi connectivity index (χ1v) is 6.10. The van der Waals surface area contributed by atoms with Gasteiger partial charge in [-0.25, -0.2) is 4.68 Å². The Morgan fingerprint density at radius 3 is 2.79 bits per heavy atom. The van der Waals surface area contributed by atoms with Gasteiger partial charge in [-0.05, 0) is 31.0 Å². The second-order valence-electron chi connectivity index (χ2n) is 4.32. The van der Waals surface area contributed by atoms with Crippen molar-refractivity contribution < 1.29 is 4.79 Å². The van der Waals surface area contributed by atoms with E-state index in [9.17, 15) is 4.79 Å². The summed E-state index contributed by atoms with van der Waals surface area (Å²) in [7, 11) is 0. The highest BCUT2D eigenvalue weighted by Crippen LogP contribution is 2.04. The van der Waals surface area contributed by atoms with Gasteiger partial charge in [-0.2, -0.15) is 5.10 Å². The molecule has 0 fully saturated rings. The van der Waals surface area contributed by atoms with E-state index < -0.39 is 0 Å². The SMILES string of the molecule is Cc1cc(N)n(CC(=O)NCCc2ccncc2)n1. The van der Waals surface area contributed by atoms with E-state index in [0.29, 0.717) is 12.4 Å². The second-order valence-corrected chi connectivity index (χ2v) is 4.32. The van der Waals surface area contributed by atoms with Crippen LogP contribution in [0.1, 0.15) is 11.3 Å². The molecule has 0 unspecified atom stereocenters. The molecule has 6 nitrogen and oxygen atoms in total. The molecule has 2 heterocycles. The van der Waals surface area contributed by atoms with E-state index in [2.05, 4.69) is 15.4 Å². The Morgan fingerprint density at radius 2 is 2.16 bits per heavy atom. The quantitative estimate of drug-likeness (QED) is 0.820. The Kier molecular flexibility index (Phi) is 4.12. The molecule has 6 heteroatoms. The summed E-state index contributed by atoms with van der Waals surface area (Å²) >= 11 is 0. The third kappa shape index (κ3) is 3.80. The van der Waals surface area contributed by atoms with Crippen LogP contribution >= 0.6 is 0 Å². The number of carbonyl (C=O) groups excluding carboxylic acids is 1. The van der Waals surface area contributed by atoms with Crippen molar-refractivity contribution in [1.29, 1.82) is 0 Å². The topological polar surface area (TPSA) is 85.8 Å². The van der Waals surface area contributed by atoms with Crippen molar-refractivity contribution in [3.05, 3.63) is 41.9 Å². The molecule has 0 bridgehead atoms. The van der Waals surface area contributed by atoms with Gasteiger partial charge in [-0.15, -0.1) is 0 Å². The zero-order valence-electron chi connectivity index (χ0n) is 10.8. The van der Waals surface area contributed by atoms with E-state index >= 15 is 0 Å². The summed E-state index contributed by atoms with van der Waals surface area (Å²) < 4.78 is 1.50. The molecular weight excluding hydrogens is 242 g/mol. The van der Waals surface area contributed by atoms with Crippen LogP contribution in [-0.2, 0) is 17.8 Å². The molecule has 0 aliphatic carbocycles. The lowest BCUT2D eigenvalue weighted by Crippen LogP contribution is -2.30. The minimum Gasteiger partial charge on any atom is -0.384 e. The van der Waals surface area contributed by atoms with E-state index in [4.69, 9.17) is 5.73 Å². The molecule has 0 spiro atoms. The van der Waals surface area contributed by atoms with Crippen LogP contribution in [0.15, 0.2) is 30.6 Å². The summed E-state index contributed by atoms with van der Waals surface area (Å²) in [5.41, 5.74) is 7.67. The number of aromatic nitrogens is 3. The van der Waals surface area contributed by atoms with Gasteiger partial charge in [0, 0.05) is 25.0 Å². The monoisotopic (exact) mass is 259 g/mol. The molecule has 19 heavy (non-hydrogen) atoms. The van der Waals surface area contributed by atoms with Crippen molar-refractivity contribution in [3.63, 3.8) is 0 Å². The molecule has 100 valence electrons. The maximum atomic E-state index is 11.7. The molecule has 0 saturated carbocycles. The van der Waals surface area contributed by atoms with Crippen LogP contribution in [0.4, 0.5) is 5.82 Å². The number of nitrogens with two attached hydrogens (primary N) is 1.